The topological polar surface area (TPSA) is 41.5 Å². The van der Waals surface area contributed by atoms with Gasteiger partial charge >= 0.3 is 0 Å². The summed E-state index contributed by atoms with van der Waals surface area (Å²) in [6.07, 6.45) is 0.712. The molecule has 4 heteroatoms. The number of hydrogen-bond acceptors (Lipinski definition) is 3. The Hall–Kier alpha value is -0.770. The summed E-state index contributed by atoms with van der Waals surface area (Å²) >= 11 is 0. The zero-order chi connectivity index (χ0) is 10.9. The van der Waals surface area contributed by atoms with Crippen molar-refractivity contribution in [3.63, 3.8) is 0 Å². The van der Waals surface area contributed by atoms with E-state index in [9.17, 15) is 5.11 Å². The third-order valence-corrected chi connectivity index (χ3v) is 2.59. The fraction of sp³-hybridized carbons (Fsp3) is 0.500. The van der Waals surface area contributed by atoms with E-state index < -0.39 is 0 Å². The number of hydrogen-bond donors (Lipinski definition) is 2. The van der Waals surface area contributed by atoms with Crippen LogP contribution in [0.1, 0.15) is 19.4 Å². The number of nitrogens with one attached hydrogen (secondary N) is 1. The summed E-state index contributed by atoms with van der Waals surface area (Å²) in [5.74, 6) is 0.340. The summed E-state index contributed by atoms with van der Waals surface area (Å²) < 4.78 is 5.60. The Morgan fingerprint density at radius 3 is 2.69 bits per heavy atom. The molecule has 0 spiro atoms. The van der Waals surface area contributed by atoms with Gasteiger partial charge in [-0.25, -0.2) is 0 Å². The van der Waals surface area contributed by atoms with Gasteiger partial charge in [0.1, 0.15) is 12.0 Å². The summed E-state index contributed by atoms with van der Waals surface area (Å²) in [7, 11) is 0. The molecular formula is C12H18ClNO2. The maximum absolute atomic E-state index is 9.62. The van der Waals surface area contributed by atoms with Gasteiger partial charge in [0, 0.05) is 12.0 Å². The zero-order valence-electron chi connectivity index (χ0n) is 9.56. The highest BCUT2D eigenvalue weighted by atomic mass is 35.5. The lowest BCUT2D eigenvalue weighted by atomic mass is 10.1. The molecule has 3 nitrogen and oxygen atoms in total. The van der Waals surface area contributed by atoms with E-state index in [1.165, 1.54) is 0 Å². The van der Waals surface area contributed by atoms with Crippen LogP contribution in [0.5, 0.6) is 5.75 Å². The Balaban J connectivity index is 0.00000128. The minimum Gasteiger partial charge on any atom is -0.508 e. The minimum absolute atomic E-state index is 0. The van der Waals surface area contributed by atoms with Gasteiger partial charge in [-0.05, 0) is 25.5 Å². The summed E-state index contributed by atoms with van der Waals surface area (Å²) in [5.41, 5.74) is 0.961. The zero-order valence-corrected chi connectivity index (χ0v) is 10.4. The molecule has 0 aliphatic carbocycles. The van der Waals surface area contributed by atoms with Crippen LogP contribution in [0.4, 0.5) is 0 Å². The van der Waals surface area contributed by atoms with Crippen LogP contribution in [0.3, 0.4) is 0 Å². The van der Waals surface area contributed by atoms with E-state index >= 15 is 0 Å². The third kappa shape index (κ3) is 3.11. The lowest BCUT2D eigenvalue weighted by Crippen LogP contribution is -2.39. The summed E-state index contributed by atoms with van der Waals surface area (Å²) in [5, 5.41) is 13.0. The van der Waals surface area contributed by atoms with Crippen molar-refractivity contribution in [1.29, 1.82) is 0 Å². The van der Waals surface area contributed by atoms with E-state index in [0.717, 1.165) is 5.56 Å². The van der Waals surface area contributed by atoms with Crippen LogP contribution in [0, 0.1) is 0 Å². The maximum atomic E-state index is 9.62. The first-order chi connectivity index (χ1) is 7.07. The molecule has 1 saturated heterocycles. The third-order valence-electron chi connectivity index (χ3n) is 2.59. The molecule has 1 aromatic rings. The van der Waals surface area contributed by atoms with Crippen molar-refractivity contribution in [3.8, 4) is 5.75 Å². The Morgan fingerprint density at radius 2 is 2.12 bits per heavy atom. The Bertz CT molecular complexity index is 355. The second-order valence-electron chi connectivity index (χ2n) is 4.66. The molecule has 1 aromatic carbocycles. The fourth-order valence-electron chi connectivity index (χ4n) is 1.82. The number of para-hydroxylation sites is 1. The molecule has 0 aromatic heterocycles. The average Bonchev–Trinajstić information content (AvgIpc) is 2.50. The number of phenols is 1. The van der Waals surface area contributed by atoms with Crippen molar-refractivity contribution in [3.05, 3.63) is 29.8 Å². The van der Waals surface area contributed by atoms with Gasteiger partial charge in [-0.1, -0.05) is 18.2 Å². The van der Waals surface area contributed by atoms with Crippen LogP contribution in [0.15, 0.2) is 24.3 Å². The molecule has 16 heavy (non-hydrogen) atoms. The number of benzene rings is 1. The van der Waals surface area contributed by atoms with E-state index in [-0.39, 0.29) is 24.2 Å². The molecule has 1 fully saturated rings. The van der Waals surface area contributed by atoms with Gasteiger partial charge in [-0.2, -0.15) is 0 Å². The number of aromatic hydroxyl groups is 1. The van der Waals surface area contributed by atoms with Crippen molar-refractivity contribution < 1.29 is 9.84 Å². The van der Waals surface area contributed by atoms with E-state index in [4.69, 9.17) is 4.74 Å². The maximum Gasteiger partial charge on any atom is 0.118 e. The van der Waals surface area contributed by atoms with Crippen LogP contribution in [0.25, 0.3) is 0 Å². The quantitative estimate of drug-likeness (QED) is 0.836. The molecular weight excluding hydrogens is 226 g/mol. The highest BCUT2D eigenvalue weighted by Crippen LogP contribution is 2.21. The monoisotopic (exact) mass is 243 g/mol. The van der Waals surface area contributed by atoms with E-state index in [0.29, 0.717) is 18.8 Å². The molecule has 2 rings (SSSR count). The predicted molar refractivity (Wildman–Crippen MR) is 66.0 cm³/mol. The van der Waals surface area contributed by atoms with Crippen LogP contribution in [-0.4, -0.2) is 23.5 Å². The van der Waals surface area contributed by atoms with E-state index in [1.54, 1.807) is 6.07 Å². The van der Waals surface area contributed by atoms with Gasteiger partial charge in [-0.15, -0.1) is 12.4 Å². The van der Waals surface area contributed by atoms with Gasteiger partial charge in [0.15, 0.2) is 0 Å². The van der Waals surface area contributed by atoms with Crippen LogP contribution < -0.4 is 5.32 Å². The van der Waals surface area contributed by atoms with Gasteiger partial charge in [0.2, 0.25) is 0 Å². The first-order valence-corrected chi connectivity index (χ1v) is 5.23. The first-order valence-electron chi connectivity index (χ1n) is 5.23. The lowest BCUT2D eigenvalue weighted by molar-refractivity contribution is 0.0982. The Kier molecular flexibility index (Phi) is 4.19. The molecule has 0 radical (unpaired) electrons. The normalized spacial score (nSPS) is 22.8. The molecule has 0 amide bonds. The van der Waals surface area contributed by atoms with Crippen molar-refractivity contribution in [2.24, 2.45) is 0 Å². The van der Waals surface area contributed by atoms with Crippen LogP contribution in [0.2, 0.25) is 0 Å². The number of halogens is 1. The summed E-state index contributed by atoms with van der Waals surface area (Å²) in [6, 6.07) is 7.38. The largest absolute Gasteiger partial charge is 0.508 e. The first kappa shape index (κ1) is 13.3. The smallest absolute Gasteiger partial charge is 0.118 e. The van der Waals surface area contributed by atoms with Crippen molar-refractivity contribution in [1.82, 2.24) is 5.32 Å². The standard InChI is InChI=1S/C12H17NO2.ClH/c1-12(2)8-15-11(13-12)7-9-5-3-4-6-10(9)14;/h3-6,11,13-14H,7-8H2,1-2H3;1H. The fourth-order valence-corrected chi connectivity index (χ4v) is 1.82. The Labute approximate surface area is 102 Å². The minimum atomic E-state index is 0. The van der Waals surface area contributed by atoms with E-state index in [2.05, 4.69) is 19.2 Å². The van der Waals surface area contributed by atoms with Gasteiger partial charge in [0.25, 0.3) is 0 Å². The molecule has 1 atom stereocenters. The highest BCUT2D eigenvalue weighted by Gasteiger charge is 2.30. The van der Waals surface area contributed by atoms with Crippen LogP contribution in [-0.2, 0) is 11.2 Å². The molecule has 0 saturated carbocycles. The highest BCUT2D eigenvalue weighted by molar-refractivity contribution is 5.85. The molecule has 1 heterocycles. The van der Waals surface area contributed by atoms with Gasteiger partial charge in [0.05, 0.1) is 6.61 Å². The van der Waals surface area contributed by atoms with Crippen molar-refractivity contribution >= 4 is 12.4 Å². The van der Waals surface area contributed by atoms with E-state index in [1.807, 2.05) is 18.2 Å². The molecule has 1 unspecified atom stereocenters. The predicted octanol–water partition coefficient (Wildman–Crippen LogP) is 2.08. The van der Waals surface area contributed by atoms with Crippen molar-refractivity contribution in [2.75, 3.05) is 6.61 Å². The summed E-state index contributed by atoms with van der Waals surface area (Å²) in [6.45, 7) is 4.93. The van der Waals surface area contributed by atoms with Crippen LogP contribution >= 0.6 is 12.4 Å². The molecule has 2 N–H and O–H groups in total. The van der Waals surface area contributed by atoms with Gasteiger partial charge < -0.3 is 9.84 Å². The Morgan fingerprint density at radius 1 is 1.44 bits per heavy atom. The summed E-state index contributed by atoms with van der Waals surface area (Å²) in [4.78, 5) is 0. The van der Waals surface area contributed by atoms with Gasteiger partial charge in [-0.3, -0.25) is 5.32 Å². The molecule has 90 valence electrons. The second kappa shape index (κ2) is 5.04. The average molecular weight is 244 g/mol. The second-order valence-corrected chi connectivity index (χ2v) is 4.66. The SMILES string of the molecule is CC1(C)COC(Cc2ccccc2O)N1.Cl. The number of rotatable bonds is 2. The molecule has 1 aliphatic rings. The lowest BCUT2D eigenvalue weighted by Gasteiger charge is -2.17. The number of phenolic OH excluding ortho intramolecular Hbond substituents is 1. The number of ether oxygens (including phenoxy) is 1. The van der Waals surface area contributed by atoms with Crippen molar-refractivity contribution in [2.45, 2.75) is 32.0 Å². The molecule has 0 bridgehead atoms. The molecule has 1 aliphatic heterocycles.